The van der Waals surface area contributed by atoms with E-state index in [4.69, 9.17) is 15.2 Å². The lowest BCUT2D eigenvalue weighted by molar-refractivity contribution is -0.142. The van der Waals surface area contributed by atoms with Crippen molar-refractivity contribution >= 4 is 40.0 Å². The summed E-state index contributed by atoms with van der Waals surface area (Å²) in [4.78, 5) is 62.0. The standard InChI is InChI=1S/C33H43N5O6S/c1-21(36-27(39)17-25-19-35-31(45-25)38-14-6-7-15-38)29(41)37-33(30(34)42,18-23-10-12-24(43-3)13-11-23)26(16-22-8-4-5-9-22)28(40)32(2)20-44-32/h8,10-13,19,21,26H,4-7,9,14-18,20H2,1-3H3,(H2,34,42)(H,36,39)(H,37,41)/t21-,26+,32+,33?/m0/s1. The van der Waals surface area contributed by atoms with Gasteiger partial charge in [0.2, 0.25) is 17.7 Å². The fraction of sp³-hybridized carbons (Fsp3) is 0.545. The summed E-state index contributed by atoms with van der Waals surface area (Å²) in [6, 6.07) is 6.06. The molecule has 2 fully saturated rings. The van der Waals surface area contributed by atoms with E-state index in [1.54, 1.807) is 51.4 Å². The number of allylic oxidation sites excluding steroid dienone is 2. The minimum atomic E-state index is -1.79. The van der Waals surface area contributed by atoms with Crippen molar-refractivity contribution in [1.29, 1.82) is 0 Å². The van der Waals surface area contributed by atoms with Crippen LogP contribution in [-0.4, -0.2) is 72.5 Å². The van der Waals surface area contributed by atoms with Crippen LogP contribution < -0.4 is 26.0 Å². The van der Waals surface area contributed by atoms with Gasteiger partial charge in [-0.1, -0.05) is 23.8 Å². The van der Waals surface area contributed by atoms with E-state index in [1.807, 2.05) is 0 Å². The molecule has 3 heterocycles. The van der Waals surface area contributed by atoms with Crippen molar-refractivity contribution in [3.63, 3.8) is 0 Å². The first-order chi connectivity index (χ1) is 21.5. The van der Waals surface area contributed by atoms with E-state index >= 15 is 0 Å². The number of carbonyl (C=O) groups excluding carboxylic acids is 4. The number of nitrogens with zero attached hydrogens (tertiary/aromatic N) is 2. The SMILES string of the molecule is COc1ccc(CC(NC(=O)[C@H](C)NC(=O)Cc2cnc(N3CCCC3)s2)(C(N)=O)[C@H](CC2=CCCC2)C(=O)[C@@]2(C)CO2)cc1. The number of thiazole rings is 1. The molecule has 4 N–H and O–H groups in total. The molecule has 2 saturated heterocycles. The molecule has 0 radical (unpaired) electrons. The zero-order chi connectivity index (χ0) is 32.2. The molecule has 3 amide bonds. The van der Waals surface area contributed by atoms with Gasteiger partial charge in [-0.3, -0.25) is 19.2 Å². The van der Waals surface area contributed by atoms with Gasteiger partial charge in [-0.15, -0.1) is 11.3 Å². The maximum absolute atomic E-state index is 14.1. The minimum Gasteiger partial charge on any atom is -0.497 e. The second-order valence-electron chi connectivity index (χ2n) is 12.5. The smallest absolute Gasteiger partial charge is 0.244 e. The average molecular weight is 638 g/mol. The van der Waals surface area contributed by atoms with E-state index in [0.717, 1.165) is 60.8 Å². The first-order valence-electron chi connectivity index (χ1n) is 15.6. The molecule has 2 aliphatic heterocycles. The van der Waals surface area contributed by atoms with Crippen molar-refractivity contribution in [2.45, 2.75) is 82.4 Å². The van der Waals surface area contributed by atoms with Crippen molar-refractivity contribution in [1.82, 2.24) is 15.6 Å². The average Bonchev–Trinajstić information content (AvgIpc) is 3.49. The minimum absolute atomic E-state index is 0.0291. The zero-order valence-electron chi connectivity index (χ0n) is 26.2. The first-order valence-corrected chi connectivity index (χ1v) is 16.4. The van der Waals surface area contributed by atoms with Crippen molar-refractivity contribution in [2.24, 2.45) is 11.7 Å². The Hall–Kier alpha value is -3.77. The number of rotatable bonds is 15. The van der Waals surface area contributed by atoms with E-state index in [1.165, 1.54) is 11.3 Å². The van der Waals surface area contributed by atoms with Crippen molar-refractivity contribution in [3.8, 4) is 5.75 Å². The number of nitrogens with one attached hydrogen (secondary N) is 2. The first kappa shape index (κ1) is 32.6. The Kier molecular flexibility index (Phi) is 9.93. The summed E-state index contributed by atoms with van der Waals surface area (Å²) >= 11 is 1.47. The number of nitrogens with two attached hydrogens (primary N) is 1. The predicted octanol–water partition coefficient (Wildman–Crippen LogP) is 2.86. The fourth-order valence-corrected chi connectivity index (χ4v) is 7.17. The molecule has 5 rings (SSSR count). The Labute approximate surface area is 267 Å². The molecule has 242 valence electrons. The van der Waals surface area contributed by atoms with Gasteiger partial charge in [-0.25, -0.2) is 4.98 Å². The number of primary amides is 1. The number of benzene rings is 1. The van der Waals surface area contributed by atoms with Crippen LogP contribution in [0, 0.1) is 5.92 Å². The molecular formula is C33H43N5O6S. The number of Topliss-reactive ketones (excluding diaryl/α,β-unsaturated/α-hetero) is 1. The highest BCUT2D eigenvalue weighted by Gasteiger charge is 2.58. The molecule has 1 aromatic carbocycles. The number of carbonyl (C=O) groups is 4. The molecule has 1 aromatic heterocycles. The van der Waals surface area contributed by atoms with Crippen LogP contribution in [0.2, 0.25) is 0 Å². The van der Waals surface area contributed by atoms with Crippen LogP contribution >= 0.6 is 11.3 Å². The maximum Gasteiger partial charge on any atom is 0.244 e. The molecule has 0 spiro atoms. The highest BCUT2D eigenvalue weighted by Crippen LogP contribution is 2.40. The van der Waals surface area contributed by atoms with Gasteiger partial charge in [0.05, 0.1) is 26.1 Å². The lowest BCUT2D eigenvalue weighted by Crippen LogP contribution is -2.68. The monoisotopic (exact) mass is 637 g/mol. The normalized spacial score (nSPS) is 21.8. The zero-order valence-corrected chi connectivity index (χ0v) is 27.0. The Balaban J connectivity index is 1.38. The number of methoxy groups -OCH3 is 1. The Bertz CT molecular complexity index is 1450. The van der Waals surface area contributed by atoms with E-state index in [9.17, 15) is 19.2 Å². The van der Waals surface area contributed by atoms with Gasteiger partial charge in [0.15, 0.2) is 10.9 Å². The number of hydrogen-bond donors (Lipinski definition) is 3. The molecular weight excluding hydrogens is 594 g/mol. The Morgan fingerprint density at radius 3 is 2.49 bits per heavy atom. The third-order valence-electron chi connectivity index (χ3n) is 9.06. The number of hydrogen-bond acceptors (Lipinski definition) is 9. The molecule has 2 aromatic rings. The summed E-state index contributed by atoms with van der Waals surface area (Å²) in [5.74, 6) is -2.43. The number of amides is 3. The second kappa shape index (κ2) is 13.7. The summed E-state index contributed by atoms with van der Waals surface area (Å²) in [6.45, 7) is 5.40. The number of aromatic nitrogens is 1. The van der Waals surface area contributed by atoms with E-state index in [2.05, 4.69) is 26.6 Å². The van der Waals surface area contributed by atoms with Crippen molar-refractivity contribution < 1.29 is 28.7 Å². The van der Waals surface area contributed by atoms with Gasteiger partial charge in [-0.05, 0) is 70.1 Å². The van der Waals surface area contributed by atoms with Crippen LogP contribution in [-0.2, 0) is 36.8 Å². The van der Waals surface area contributed by atoms with Crippen LogP contribution in [0.25, 0.3) is 0 Å². The highest BCUT2D eigenvalue weighted by molar-refractivity contribution is 7.15. The molecule has 0 saturated carbocycles. The number of ether oxygens (including phenoxy) is 2. The van der Waals surface area contributed by atoms with Crippen LogP contribution in [0.5, 0.6) is 5.75 Å². The molecule has 1 aliphatic carbocycles. The number of epoxide rings is 1. The van der Waals surface area contributed by atoms with Crippen LogP contribution in [0.3, 0.4) is 0 Å². The Morgan fingerprint density at radius 2 is 1.89 bits per heavy atom. The van der Waals surface area contributed by atoms with E-state index in [0.29, 0.717) is 11.3 Å². The third kappa shape index (κ3) is 7.55. The topological polar surface area (TPSA) is 156 Å². The van der Waals surface area contributed by atoms with Gasteiger partial charge >= 0.3 is 0 Å². The van der Waals surface area contributed by atoms with Crippen LogP contribution in [0.15, 0.2) is 42.1 Å². The summed E-state index contributed by atoms with van der Waals surface area (Å²) in [5.41, 5.74) is 5.06. The lowest BCUT2D eigenvalue weighted by atomic mass is 9.70. The lowest BCUT2D eigenvalue weighted by Gasteiger charge is -2.40. The summed E-state index contributed by atoms with van der Waals surface area (Å²) in [5, 5.41) is 6.54. The molecule has 12 heteroatoms. The van der Waals surface area contributed by atoms with Gasteiger partial charge in [0, 0.05) is 30.6 Å². The Morgan fingerprint density at radius 1 is 1.18 bits per heavy atom. The van der Waals surface area contributed by atoms with Gasteiger partial charge in [0.25, 0.3) is 0 Å². The van der Waals surface area contributed by atoms with Gasteiger partial charge < -0.3 is 30.7 Å². The molecule has 3 aliphatic rings. The molecule has 1 unspecified atom stereocenters. The molecule has 45 heavy (non-hydrogen) atoms. The predicted molar refractivity (Wildman–Crippen MR) is 171 cm³/mol. The van der Waals surface area contributed by atoms with Gasteiger partial charge in [0.1, 0.15) is 22.9 Å². The third-order valence-corrected chi connectivity index (χ3v) is 10.1. The maximum atomic E-state index is 14.1. The molecule has 11 nitrogen and oxygen atoms in total. The van der Waals surface area contributed by atoms with Crippen LogP contribution in [0.1, 0.15) is 62.8 Å². The summed E-state index contributed by atoms with van der Waals surface area (Å²) in [6.07, 6.45) is 9.01. The largest absolute Gasteiger partial charge is 0.497 e. The van der Waals surface area contributed by atoms with Gasteiger partial charge in [-0.2, -0.15) is 0 Å². The van der Waals surface area contributed by atoms with Crippen molar-refractivity contribution in [3.05, 3.63) is 52.6 Å². The van der Waals surface area contributed by atoms with E-state index in [-0.39, 0.29) is 37.6 Å². The number of ketones is 1. The quantitative estimate of drug-likeness (QED) is 0.199. The molecule has 0 bridgehead atoms. The summed E-state index contributed by atoms with van der Waals surface area (Å²) < 4.78 is 10.8. The fourth-order valence-electron chi connectivity index (χ4n) is 6.21. The number of anilines is 1. The van der Waals surface area contributed by atoms with Crippen molar-refractivity contribution in [2.75, 3.05) is 31.7 Å². The summed E-state index contributed by atoms with van der Waals surface area (Å²) in [7, 11) is 1.56. The van der Waals surface area contributed by atoms with E-state index < -0.39 is 34.9 Å². The second-order valence-corrected chi connectivity index (χ2v) is 13.6. The highest BCUT2D eigenvalue weighted by atomic mass is 32.1. The van der Waals surface area contributed by atoms with Crippen LogP contribution in [0.4, 0.5) is 5.13 Å². The molecule has 4 atom stereocenters.